The first-order valence-corrected chi connectivity index (χ1v) is 25.7. The minimum Gasteiger partial charge on any atom is -0.458 e. The lowest BCUT2D eigenvalue weighted by Crippen LogP contribution is -2.60. The molecule has 0 aromatic carbocycles. The second-order valence-electron chi connectivity index (χ2n) is 20.8. The number of aliphatic hydroxyl groups excluding tert-OH is 10. The first kappa shape index (κ1) is 62.6. The Morgan fingerprint density at radius 3 is 2.07 bits per heavy atom. The molecular formula is C52H95N3O14. The molecule has 0 amide bonds. The highest BCUT2D eigenvalue weighted by molar-refractivity contribution is 5.82. The average molecular weight is 986 g/mol. The number of esters is 1. The summed E-state index contributed by atoms with van der Waals surface area (Å²) < 4.78 is 17.9. The molecule has 402 valence electrons. The Bertz CT molecular complexity index is 1550. The lowest BCUT2D eigenvalue weighted by Gasteiger charge is -2.47. The van der Waals surface area contributed by atoms with Gasteiger partial charge in [-0.15, -0.1) is 0 Å². The van der Waals surface area contributed by atoms with Crippen molar-refractivity contribution in [2.75, 3.05) is 20.7 Å². The predicted octanol–water partition coefficient (Wildman–Crippen LogP) is 3.38. The maximum atomic E-state index is 13.5. The van der Waals surface area contributed by atoms with Crippen LogP contribution in [0.1, 0.15) is 138 Å². The fraction of sp³-hybridized carbons (Fsp3) is 0.846. The number of unbranched alkanes of at least 4 members (excludes halogenated alkanes) is 2. The van der Waals surface area contributed by atoms with Gasteiger partial charge >= 0.3 is 5.97 Å². The largest absolute Gasteiger partial charge is 0.458 e. The number of hydrogen-bond donors (Lipinski definition) is 12. The number of nitrogens with two attached hydrogens (primary N) is 1. The molecule has 0 spiro atoms. The fourth-order valence-corrected chi connectivity index (χ4v) is 9.57. The summed E-state index contributed by atoms with van der Waals surface area (Å²) in [6, 6.07) is 0. The minimum absolute atomic E-state index is 0.0555. The molecule has 20 unspecified atom stereocenters. The molecule has 2 rings (SSSR count). The SMILES string of the molecule is CN=C(N)NCCCC=CCCCC(C)CC(C)C1OC(=O)C=CC(C)C(O)CC(O)C(C)C(O)CCC(C)C(O)CC2(OC)OC(CC(O)CC(O)CC(O)C(C)C(O)C=CC1C)CC(O)C2O. The average Bonchev–Trinajstić information content (AvgIpc) is 3.30. The molecule has 2 heterocycles. The van der Waals surface area contributed by atoms with Gasteiger partial charge in [0.25, 0.3) is 0 Å². The molecule has 0 radical (unpaired) electrons. The van der Waals surface area contributed by atoms with Crippen LogP contribution in [0.25, 0.3) is 0 Å². The lowest BCUT2D eigenvalue weighted by atomic mass is 9.83. The number of cyclic esters (lactones) is 1. The number of nitrogens with zero attached hydrogens (tertiary/aromatic N) is 1. The molecule has 2 bridgehead atoms. The molecule has 69 heavy (non-hydrogen) atoms. The predicted molar refractivity (Wildman–Crippen MR) is 266 cm³/mol. The summed E-state index contributed by atoms with van der Waals surface area (Å²) in [5.41, 5.74) is 5.68. The van der Waals surface area contributed by atoms with Gasteiger partial charge in [0.1, 0.15) is 12.2 Å². The van der Waals surface area contributed by atoms with Crippen LogP contribution in [0.15, 0.2) is 41.4 Å². The fourth-order valence-electron chi connectivity index (χ4n) is 9.57. The van der Waals surface area contributed by atoms with Crippen LogP contribution in [0.5, 0.6) is 0 Å². The third-order valence-corrected chi connectivity index (χ3v) is 14.7. The Labute approximate surface area is 413 Å². The molecular weight excluding hydrogens is 891 g/mol. The van der Waals surface area contributed by atoms with Gasteiger partial charge in [-0.3, -0.25) is 4.99 Å². The number of ether oxygens (including phenoxy) is 3. The van der Waals surface area contributed by atoms with Gasteiger partial charge < -0.3 is 76.3 Å². The van der Waals surface area contributed by atoms with Gasteiger partial charge in [0.2, 0.25) is 0 Å². The van der Waals surface area contributed by atoms with Crippen LogP contribution in [0.3, 0.4) is 0 Å². The molecule has 1 saturated heterocycles. The molecule has 0 aliphatic carbocycles. The van der Waals surface area contributed by atoms with Gasteiger partial charge in [0.05, 0.1) is 61.0 Å². The molecule has 0 aromatic rings. The van der Waals surface area contributed by atoms with Crippen LogP contribution in [-0.2, 0) is 19.0 Å². The topological polar surface area (TPSA) is 297 Å². The van der Waals surface area contributed by atoms with Crippen LogP contribution in [-0.4, -0.2) is 163 Å². The van der Waals surface area contributed by atoms with Crippen LogP contribution < -0.4 is 11.1 Å². The number of aliphatic imine (C=N–C) groups is 1. The second kappa shape index (κ2) is 31.8. The van der Waals surface area contributed by atoms with Crippen LogP contribution >= 0.6 is 0 Å². The number of aliphatic hydroxyl groups is 10. The number of rotatable bonds is 12. The van der Waals surface area contributed by atoms with E-state index in [1.54, 1.807) is 46.9 Å². The summed E-state index contributed by atoms with van der Waals surface area (Å²) >= 11 is 0. The normalized spacial score (nSPS) is 39.4. The molecule has 0 saturated carbocycles. The van der Waals surface area contributed by atoms with Gasteiger partial charge in [-0.2, -0.15) is 0 Å². The highest BCUT2D eigenvalue weighted by atomic mass is 16.7. The molecule has 2 aliphatic rings. The Hall–Kier alpha value is -2.52. The van der Waals surface area contributed by atoms with Gasteiger partial charge in [-0.1, -0.05) is 85.3 Å². The molecule has 20 atom stereocenters. The van der Waals surface area contributed by atoms with E-state index in [1.165, 1.54) is 19.3 Å². The summed E-state index contributed by atoms with van der Waals surface area (Å²) in [5, 5.41) is 114. The van der Waals surface area contributed by atoms with E-state index in [4.69, 9.17) is 19.9 Å². The smallest absolute Gasteiger partial charge is 0.330 e. The standard InChI is InChI=1S/C52H95N3O14/c1-31(16-14-12-10-11-13-15-23-55-51(53)54-8)24-35(5)49-34(4)18-21-42(59)36(6)44(61)27-39(57)25-38(56)26-40-28-46(63)50(66)52(67-9,69-40)30-47(64)33(3)17-20-41(58)37(7)45(62)29-43(60)32(2)19-22-48(65)68-49/h10-11,18-19,21-22,31-47,49-50,56-64,66H,12-17,20,23-30H2,1-9H3,(H3,53,54,55). The van der Waals surface area contributed by atoms with E-state index in [1.807, 2.05) is 13.8 Å². The first-order chi connectivity index (χ1) is 32.4. The minimum atomic E-state index is -1.84. The number of guanidine groups is 1. The van der Waals surface area contributed by atoms with E-state index in [9.17, 15) is 55.9 Å². The van der Waals surface area contributed by atoms with E-state index in [2.05, 4.69) is 29.4 Å². The Kier molecular flexibility index (Phi) is 28.9. The summed E-state index contributed by atoms with van der Waals surface area (Å²) in [6.07, 6.45) is 2.61. The maximum Gasteiger partial charge on any atom is 0.330 e. The van der Waals surface area contributed by atoms with Crippen molar-refractivity contribution in [2.24, 2.45) is 52.2 Å². The van der Waals surface area contributed by atoms with Gasteiger partial charge in [0, 0.05) is 69.7 Å². The van der Waals surface area contributed by atoms with Crippen LogP contribution in [0.2, 0.25) is 0 Å². The van der Waals surface area contributed by atoms with Crippen LogP contribution in [0, 0.1) is 41.4 Å². The van der Waals surface area contributed by atoms with E-state index >= 15 is 0 Å². The van der Waals surface area contributed by atoms with Crippen LogP contribution in [0.4, 0.5) is 0 Å². The lowest BCUT2D eigenvalue weighted by molar-refractivity contribution is -0.343. The number of hydrogen-bond acceptors (Lipinski definition) is 15. The molecule has 17 nitrogen and oxygen atoms in total. The number of allylic oxidation sites excluding steroid dienone is 2. The molecule has 17 heteroatoms. The number of fused-ring (bicyclic) bond motifs is 2. The van der Waals surface area contributed by atoms with Crippen molar-refractivity contribution in [3.63, 3.8) is 0 Å². The van der Waals surface area contributed by atoms with E-state index in [0.29, 0.717) is 18.3 Å². The van der Waals surface area contributed by atoms with Gasteiger partial charge in [-0.25, -0.2) is 4.79 Å². The molecule has 0 aromatic heterocycles. The number of nitrogens with one attached hydrogen (secondary N) is 1. The van der Waals surface area contributed by atoms with Gasteiger partial charge in [-0.05, 0) is 82.0 Å². The first-order valence-electron chi connectivity index (χ1n) is 25.7. The number of carbonyl (C=O) groups is 1. The zero-order valence-electron chi connectivity index (χ0n) is 43.2. The Morgan fingerprint density at radius 2 is 1.42 bits per heavy atom. The van der Waals surface area contributed by atoms with Gasteiger partial charge in [0.15, 0.2) is 11.7 Å². The number of methoxy groups -OCH3 is 1. The summed E-state index contributed by atoms with van der Waals surface area (Å²) in [7, 11) is 2.93. The summed E-state index contributed by atoms with van der Waals surface area (Å²) in [5.74, 6) is -4.55. The van der Waals surface area contributed by atoms with Crippen molar-refractivity contribution < 1.29 is 70.1 Å². The molecule has 2 aliphatic heterocycles. The zero-order valence-corrected chi connectivity index (χ0v) is 43.2. The van der Waals surface area contributed by atoms with Crippen molar-refractivity contribution in [3.8, 4) is 0 Å². The summed E-state index contributed by atoms with van der Waals surface area (Å²) in [4.78, 5) is 17.3. The number of carbonyl (C=O) groups excluding carboxylic acids is 1. The van der Waals surface area contributed by atoms with Crippen molar-refractivity contribution in [3.05, 3.63) is 36.5 Å². The molecule has 13 N–H and O–H groups in total. The quantitative estimate of drug-likeness (QED) is 0.0439. The van der Waals surface area contributed by atoms with E-state index in [0.717, 1.165) is 45.1 Å². The van der Waals surface area contributed by atoms with E-state index < -0.39 is 109 Å². The third kappa shape index (κ3) is 22.0. The zero-order chi connectivity index (χ0) is 52.0. The van der Waals surface area contributed by atoms with Crippen molar-refractivity contribution in [1.29, 1.82) is 0 Å². The van der Waals surface area contributed by atoms with Crippen molar-refractivity contribution >= 4 is 11.9 Å². The monoisotopic (exact) mass is 986 g/mol. The highest BCUT2D eigenvalue weighted by Crippen LogP contribution is 2.38. The summed E-state index contributed by atoms with van der Waals surface area (Å²) in [6.45, 7) is 13.6. The Morgan fingerprint density at radius 1 is 0.783 bits per heavy atom. The molecule has 1 fully saturated rings. The Balaban J connectivity index is 2.30. The highest BCUT2D eigenvalue weighted by Gasteiger charge is 2.51. The van der Waals surface area contributed by atoms with Crippen molar-refractivity contribution in [2.45, 2.75) is 217 Å². The van der Waals surface area contributed by atoms with Crippen molar-refractivity contribution in [1.82, 2.24) is 5.32 Å². The maximum absolute atomic E-state index is 13.5. The van der Waals surface area contributed by atoms with E-state index in [-0.39, 0.29) is 56.8 Å². The third-order valence-electron chi connectivity index (χ3n) is 14.7. The second-order valence-corrected chi connectivity index (χ2v) is 20.8.